The van der Waals surface area contributed by atoms with Gasteiger partial charge in [-0.25, -0.2) is 0 Å². The molecule has 1 aliphatic heterocycles. The predicted octanol–water partition coefficient (Wildman–Crippen LogP) is 3.95. The van der Waals surface area contributed by atoms with E-state index >= 15 is 0 Å². The lowest BCUT2D eigenvalue weighted by molar-refractivity contribution is -0.0873. The van der Waals surface area contributed by atoms with Crippen LogP contribution in [-0.4, -0.2) is 22.4 Å². The molecule has 1 fully saturated rings. The van der Waals surface area contributed by atoms with Crippen molar-refractivity contribution >= 4 is 15.9 Å². The Hall–Kier alpha value is -0.380. The zero-order chi connectivity index (χ0) is 14.3. The van der Waals surface area contributed by atoms with E-state index in [2.05, 4.69) is 49.7 Å². The van der Waals surface area contributed by atoms with E-state index < -0.39 is 0 Å². The predicted molar refractivity (Wildman–Crippen MR) is 81.2 cm³/mol. The van der Waals surface area contributed by atoms with Gasteiger partial charge >= 0.3 is 0 Å². The van der Waals surface area contributed by atoms with Gasteiger partial charge in [0.05, 0.1) is 17.3 Å². The van der Waals surface area contributed by atoms with Gasteiger partial charge in [0.2, 0.25) is 0 Å². The number of hydrogen-bond donors (Lipinski definition) is 1. The maximum atomic E-state index is 10.6. The van der Waals surface area contributed by atoms with Crippen LogP contribution in [0.5, 0.6) is 0 Å². The molecule has 1 aromatic carbocycles. The van der Waals surface area contributed by atoms with Crippen molar-refractivity contribution in [3.05, 3.63) is 34.3 Å². The van der Waals surface area contributed by atoms with E-state index in [1.54, 1.807) is 0 Å². The molecule has 3 heteroatoms. The average Bonchev–Trinajstić information content (AvgIpc) is 2.50. The molecular weight excluding hydrogens is 304 g/mol. The molecule has 2 atom stereocenters. The lowest BCUT2D eigenvalue weighted by Gasteiger charge is -2.30. The summed E-state index contributed by atoms with van der Waals surface area (Å²) >= 11 is 3.54. The van der Waals surface area contributed by atoms with Crippen molar-refractivity contribution in [2.24, 2.45) is 5.92 Å². The van der Waals surface area contributed by atoms with E-state index in [9.17, 15) is 5.11 Å². The fourth-order valence-electron chi connectivity index (χ4n) is 3.24. The number of ether oxygens (including phenoxy) is 1. The molecule has 0 bridgehead atoms. The first kappa shape index (κ1) is 15.0. The third kappa shape index (κ3) is 3.39. The molecule has 2 nitrogen and oxygen atoms in total. The van der Waals surface area contributed by atoms with E-state index in [1.807, 2.05) is 18.2 Å². The number of aliphatic hydroxyl groups excluding tert-OH is 1. The quantitative estimate of drug-likeness (QED) is 0.911. The first-order chi connectivity index (χ1) is 8.71. The Labute approximate surface area is 124 Å². The van der Waals surface area contributed by atoms with Crippen LogP contribution in [0.15, 0.2) is 28.7 Å². The Balaban J connectivity index is 2.13. The van der Waals surface area contributed by atoms with Gasteiger partial charge in [-0.3, -0.25) is 0 Å². The number of hydrogen-bond acceptors (Lipinski definition) is 2. The van der Waals surface area contributed by atoms with Crippen molar-refractivity contribution in [2.45, 2.75) is 57.8 Å². The lowest BCUT2D eigenvalue weighted by atomic mass is 9.81. The summed E-state index contributed by atoms with van der Waals surface area (Å²) < 4.78 is 7.13. The van der Waals surface area contributed by atoms with Gasteiger partial charge in [-0.05, 0) is 52.2 Å². The molecule has 0 radical (unpaired) electrons. The second-order valence-electron chi connectivity index (χ2n) is 6.64. The molecule has 106 valence electrons. The fourth-order valence-corrected chi connectivity index (χ4v) is 3.68. The minimum absolute atomic E-state index is 0.150. The van der Waals surface area contributed by atoms with Crippen LogP contribution in [0.1, 0.15) is 39.7 Å². The van der Waals surface area contributed by atoms with Crippen LogP contribution < -0.4 is 0 Å². The topological polar surface area (TPSA) is 29.5 Å². The van der Waals surface area contributed by atoms with Crippen LogP contribution >= 0.6 is 15.9 Å². The molecule has 0 saturated carbocycles. The van der Waals surface area contributed by atoms with Gasteiger partial charge in [-0.1, -0.05) is 34.1 Å². The Bertz CT molecular complexity index is 454. The van der Waals surface area contributed by atoms with E-state index in [0.717, 1.165) is 16.5 Å². The highest BCUT2D eigenvalue weighted by atomic mass is 79.9. The zero-order valence-corrected chi connectivity index (χ0v) is 13.7. The van der Waals surface area contributed by atoms with E-state index in [4.69, 9.17) is 4.74 Å². The molecule has 0 spiro atoms. The highest BCUT2D eigenvalue weighted by molar-refractivity contribution is 9.10. The van der Waals surface area contributed by atoms with E-state index in [0.29, 0.717) is 6.42 Å². The first-order valence-corrected chi connectivity index (χ1v) is 7.62. The van der Waals surface area contributed by atoms with Gasteiger partial charge in [-0.15, -0.1) is 0 Å². The Morgan fingerprint density at radius 3 is 2.47 bits per heavy atom. The Morgan fingerprint density at radius 1 is 1.32 bits per heavy atom. The molecule has 1 aromatic rings. The molecule has 1 aliphatic rings. The standard InChI is InChI=1S/C16H23BrO2/c1-15(2)10-12(16(3,4)19-15)14(18)9-11-7-5-6-8-13(11)17/h5-8,12,14,18H,9-10H2,1-4H3. The third-order valence-corrected chi connectivity index (χ3v) is 4.77. The SMILES string of the molecule is CC1(C)CC(C(O)Cc2ccccc2Br)C(C)(C)O1. The molecule has 19 heavy (non-hydrogen) atoms. The summed E-state index contributed by atoms with van der Waals surface area (Å²) in [5.41, 5.74) is 0.725. The molecule has 0 amide bonds. The molecule has 0 aliphatic carbocycles. The summed E-state index contributed by atoms with van der Waals surface area (Å²) in [5.74, 6) is 0.162. The normalized spacial score (nSPS) is 26.3. The van der Waals surface area contributed by atoms with Crippen molar-refractivity contribution in [3.8, 4) is 0 Å². The maximum Gasteiger partial charge on any atom is 0.0687 e. The van der Waals surface area contributed by atoms with Gasteiger partial charge in [0.1, 0.15) is 0 Å². The van der Waals surface area contributed by atoms with Gasteiger partial charge in [0.25, 0.3) is 0 Å². The molecule has 2 unspecified atom stereocenters. The van der Waals surface area contributed by atoms with Gasteiger partial charge in [0.15, 0.2) is 0 Å². The highest BCUT2D eigenvalue weighted by Gasteiger charge is 2.48. The molecule has 2 rings (SSSR count). The van der Waals surface area contributed by atoms with Crippen LogP contribution in [0.4, 0.5) is 0 Å². The molecular formula is C16H23BrO2. The summed E-state index contributed by atoms with van der Waals surface area (Å²) in [5, 5.41) is 10.6. The monoisotopic (exact) mass is 326 g/mol. The zero-order valence-electron chi connectivity index (χ0n) is 12.1. The van der Waals surface area contributed by atoms with Crippen molar-refractivity contribution in [1.29, 1.82) is 0 Å². The number of aliphatic hydroxyl groups is 1. The smallest absolute Gasteiger partial charge is 0.0687 e. The van der Waals surface area contributed by atoms with Crippen molar-refractivity contribution in [2.75, 3.05) is 0 Å². The summed E-state index contributed by atoms with van der Waals surface area (Å²) in [4.78, 5) is 0. The van der Waals surface area contributed by atoms with Crippen molar-refractivity contribution < 1.29 is 9.84 Å². The van der Waals surface area contributed by atoms with Gasteiger partial charge in [-0.2, -0.15) is 0 Å². The summed E-state index contributed by atoms with van der Waals surface area (Å²) in [6.45, 7) is 8.35. The third-order valence-electron chi connectivity index (χ3n) is 4.00. The number of benzene rings is 1. The van der Waals surface area contributed by atoms with Crippen molar-refractivity contribution in [3.63, 3.8) is 0 Å². The van der Waals surface area contributed by atoms with Gasteiger partial charge in [0, 0.05) is 10.4 Å². The Kier molecular flexibility index (Phi) is 4.10. The molecule has 0 aromatic heterocycles. The molecule has 1 heterocycles. The maximum absolute atomic E-state index is 10.6. The van der Waals surface area contributed by atoms with Crippen molar-refractivity contribution in [1.82, 2.24) is 0 Å². The summed E-state index contributed by atoms with van der Waals surface area (Å²) in [7, 11) is 0. The first-order valence-electron chi connectivity index (χ1n) is 6.83. The highest BCUT2D eigenvalue weighted by Crippen LogP contribution is 2.44. The lowest BCUT2D eigenvalue weighted by Crippen LogP contribution is -2.37. The number of rotatable bonds is 3. The molecule has 1 saturated heterocycles. The molecule has 1 N–H and O–H groups in total. The largest absolute Gasteiger partial charge is 0.392 e. The minimum atomic E-state index is -0.379. The van der Waals surface area contributed by atoms with Crippen LogP contribution in [0.2, 0.25) is 0 Å². The second kappa shape index (κ2) is 5.19. The van der Waals surface area contributed by atoms with E-state index in [1.165, 1.54) is 0 Å². The van der Waals surface area contributed by atoms with Gasteiger partial charge < -0.3 is 9.84 Å². The fraction of sp³-hybridized carbons (Fsp3) is 0.625. The Morgan fingerprint density at radius 2 is 1.95 bits per heavy atom. The summed E-state index contributed by atoms with van der Waals surface area (Å²) in [6.07, 6.45) is 1.18. The second-order valence-corrected chi connectivity index (χ2v) is 7.49. The summed E-state index contributed by atoms with van der Waals surface area (Å²) in [6, 6.07) is 8.07. The van der Waals surface area contributed by atoms with Crippen LogP contribution in [-0.2, 0) is 11.2 Å². The van der Waals surface area contributed by atoms with Crippen LogP contribution in [0.25, 0.3) is 0 Å². The average molecular weight is 327 g/mol. The van der Waals surface area contributed by atoms with Crippen LogP contribution in [0, 0.1) is 5.92 Å². The van der Waals surface area contributed by atoms with Crippen LogP contribution in [0.3, 0.4) is 0 Å². The number of halogens is 1. The minimum Gasteiger partial charge on any atom is -0.392 e. The van der Waals surface area contributed by atoms with E-state index in [-0.39, 0.29) is 23.2 Å².